The molecule has 2 aromatic heterocycles. The highest BCUT2D eigenvalue weighted by Crippen LogP contribution is 2.34. The van der Waals surface area contributed by atoms with Gasteiger partial charge in [-0.2, -0.15) is 0 Å². The average molecular weight is 496 g/mol. The third-order valence-electron chi connectivity index (χ3n) is 6.85. The van der Waals surface area contributed by atoms with Crippen LogP contribution in [0.4, 0.5) is 0 Å². The number of hydrogen-bond donors (Lipinski definition) is 2. The summed E-state index contributed by atoms with van der Waals surface area (Å²) in [6, 6.07) is 11.5. The van der Waals surface area contributed by atoms with Gasteiger partial charge >= 0.3 is 5.97 Å². The Morgan fingerprint density at radius 2 is 2.06 bits per heavy atom. The van der Waals surface area contributed by atoms with Crippen LogP contribution in [0.1, 0.15) is 37.4 Å². The smallest absolute Gasteiger partial charge is 0.308 e. The molecule has 3 atom stereocenters. The van der Waals surface area contributed by atoms with E-state index in [-0.39, 0.29) is 5.92 Å². The number of hydrogen-bond acceptors (Lipinski definition) is 7. The minimum atomic E-state index is -0.737. The van der Waals surface area contributed by atoms with E-state index < -0.39 is 18.0 Å². The summed E-state index contributed by atoms with van der Waals surface area (Å²) >= 11 is 1.81. The van der Waals surface area contributed by atoms with Gasteiger partial charge in [0.05, 0.1) is 24.6 Å². The number of carboxylic acids is 1. The molecule has 1 aliphatic heterocycles. The standard InChI is InChI=1S/C27H33N3O4S/c1-34-20-4-5-25-23(17-20)22(9-13-29-25)26(31)6-3-19-10-15-30(18-24(19)27(32)33)14-2-16-35-21-7-11-28-12-8-21/h4-5,7-9,11-13,17,19,24,26,31H,2-3,6,10,14-16,18H2,1H3,(H,32,33)/t19-,24+,26?/m1/s1. The van der Waals surface area contributed by atoms with Gasteiger partial charge in [0.25, 0.3) is 0 Å². The molecule has 1 saturated heterocycles. The van der Waals surface area contributed by atoms with E-state index in [4.69, 9.17) is 4.74 Å². The van der Waals surface area contributed by atoms with Crippen molar-refractivity contribution in [3.8, 4) is 5.75 Å². The van der Waals surface area contributed by atoms with E-state index >= 15 is 0 Å². The highest BCUT2D eigenvalue weighted by Gasteiger charge is 2.34. The Kier molecular flexibility index (Phi) is 8.95. The van der Waals surface area contributed by atoms with Crippen molar-refractivity contribution in [2.45, 2.75) is 36.7 Å². The molecule has 0 spiro atoms. The number of methoxy groups -OCH3 is 1. The van der Waals surface area contributed by atoms with Crippen molar-refractivity contribution in [1.29, 1.82) is 0 Å². The van der Waals surface area contributed by atoms with Gasteiger partial charge in [0.1, 0.15) is 5.75 Å². The van der Waals surface area contributed by atoms with Crippen molar-refractivity contribution in [2.75, 3.05) is 32.5 Å². The fourth-order valence-corrected chi connectivity index (χ4v) is 5.72. The second-order valence-corrected chi connectivity index (χ2v) is 10.2. The van der Waals surface area contributed by atoms with Crippen LogP contribution in [0.15, 0.2) is 59.9 Å². The Labute approximate surface area is 210 Å². The molecule has 0 saturated carbocycles. The lowest BCUT2D eigenvalue weighted by Gasteiger charge is -2.37. The number of thioether (sulfide) groups is 1. The van der Waals surface area contributed by atoms with E-state index in [1.54, 1.807) is 37.5 Å². The zero-order valence-corrected chi connectivity index (χ0v) is 20.9. The Balaban J connectivity index is 1.30. The molecule has 1 aromatic carbocycles. The topological polar surface area (TPSA) is 95.8 Å². The lowest BCUT2D eigenvalue weighted by molar-refractivity contribution is -0.146. The maximum absolute atomic E-state index is 12.1. The number of benzene rings is 1. The van der Waals surface area contributed by atoms with Crippen LogP contribution in [0.2, 0.25) is 0 Å². The van der Waals surface area contributed by atoms with Crippen molar-refractivity contribution in [3.63, 3.8) is 0 Å². The molecule has 0 radical (unpaired) electrons. The number of carboxylic acid groups (broad SMARTS) is 1. The number of piperidine rings is 1. The van der Waals surface area contributed by atoms with Crippen molar-refractivity contribution in [1.82, 2.24) is 14.9 Å². The molecule has 7 nitrogen and oxygen atoms in total. The molecule has 1 fully saturated rings. The number of fused-ring (bicyclic) bond motifs is 1. The fourth-order valence-electron chi connectivity index (χ4n) is 4.90. The third-order valence-corrected chi connectivity index (χ3v) is 7.95. The van der Waals surface area contributed by atoms with Crippen molar-refractivity contribution in [2.24, 2.45) is 11.8 Å². The Bertz CT molecular complexity index is 1110. The van der Waals surface area contributed by atoms with Crippen molar-refractivity contribution < 1.29 is 19.7 Å². The van der Waals surface area contributed by atoms with Gasteiger partial charge in [0.15, 0.2) is 0 Å². The predicted molar refractivity (Wildman–Crippen MR) is 138 cm³/mol. The fraction of sp³-hybridized carbons (Fsp3) is 0.444. The van der Waals surface area contributed by atoms with Crippen LogP contribution in [0, 0.1) is 11.8 Å². The minimum Gasteiger partial charge on any atom is -0.497 e. The summed E-state index contributed by atoms with van der Waals surface area (Å²) in [5.41, 5.74) is 1.62. The van der Waals surface area contributed by atoms with Gasteiger partial charge in [-0.25, -0.2) is 0 Å². The summed E-state index contributed by atoms with van der Waals surface area (Å²) in [4.78, 5) is 24.0. The van der Waals surface area contributed by atoms with Crippen LogP contribution >= 0.6 is 11.8 Å². The predicted octanol–water partition coefficient (Wildman–Crippen LogP) is 4.66. The average Bonchev–Trinajstić information content (AvgIpc) is 2.89. The van der Waals surface area contributed by atoms with Crippen LogP contribution in [0.3, 0.4) is 0 Å². The van der Waals surface area contributed by atoms with E-state index in [1.165, 1.54) is 4.90 Å². The van der Waals surface area contributed by atoms with Crippen LogP contribution in [0.25, 0.3) is 10.9 Å². The van der Waals surface area contributed by atoms with E-state index in [1.807, 2.05) is 36.4 Å². The van der Waals surface area contributed by atoms with E-state index in [2.05, 4.69) is 14.9 Å². The number of aliphatic carboxylic acids is 1. The van der Waals surface area contributed by atoms with Crippen molar-refractivity contribution >= 4 is 28.6 Å². The highest BCUT2D eigenvalue weighted by molar-refractivity contribution is 7.99. The zero-order chi connectivity index (χ0) is 24.6. The molecule has 3 heterocycles. The quantitative estimate of drug-likeness (QED) is 0.293. The Morgan fingerprint density at radius 3 is 2.83 bits per heavy atom. The Hall–Kier alpha value is -2.68. The molecule has 0 amide bonds. The number of aromatic nitrogens is 2. The number of pyridine rings is 2. The first-order valence-corrected chi connectivity index (χ1v) is 13.1. The molecule has 2 N–H and O–H groups in total. The molecule has 186 valence electrons. The SMILES string of the molecule is COc1ccc2nccc(C(O)CC[C@@H]3CCN(CCCSc4ccncc4)C[C@@H]3C(=O)O)c2c1. The molecule has 0 bridgehead atoms. The second kappa shape index (κ2) is 12.3. The summed E-state index contributed by atoms with van der Waals surface area (Å²) in [5, 5.41) is 21.8. The molecule has 4 rings (SSSR count). The first kappa shape index (κ1) is 25.4. The monoisotopic (exact) mass is 495 g/mol. The second-order valence-electron chi connectivity index (χ2n) is 9.06. The van der Waals surface area contributed by atoms with Gasteiger partial charge in [0, 0.05) is 35.4 Å². The summed E-state index contributed by atoms with van der Waals surface area (Å²) in [7, 11) is 1.62. The summed E-state index contributed by atoms with van der Waals surface area (Å²) in [6.07, 6.45) is 7.69. The molecule has 3 aromatic rings. The molecule has 1 aliphatic rings. The molecule has 8 heteroatoms. The zero-order valence-electron chi connectivity index (χ0n) is 20.0. The molecular formula is C27H33N3O4S. The van der Waals surface area contributed by atoms with Crippen LogP contribution in [-0.4, -0.2) is 63.5 Å². The third kappa shape index (κ3) is 6.72. The number of ether oxygens (including phenoxy) is 1. The number of aliphatic hydroxyl groups excluding tert-OH is 1. The van der Waals surface area contributed by atoms with Gasteiger partial charge in [-0.1, -0.05) is 0 Å². The summed E-state index contributed by atoms with van der Waals surface area (Å²) in [6.45, 7) is 2.38. The molecule has 35 heavy (non-hydrogen) atoms. The van der Waals surface area contributed by atoms with Gasteiger partial charge in [0.2, 0.25) is 0 Å². The lowest BCUT2D eigenvalue weighted by atomic mass is 9.81. The van der Waals surface area contributed by atoms with E-state index in [0.29, 0.717) is 19.4 Å². The van der Waals surface area contributed by atoms with E-state index in [9.17, 15) is 15.0 Å². The largest absolute Gasteiger partial charge is 0.497 e. The Morgan fingerprint density at radius 1 is 1.23 bits per heavy atom. The molecule has 1 unspecified atom stereocenters. The van der Waals surface area contributed by atoms with Crippen LogP contribution in [0.5, 0.6) is 5.75 Å². The number of nitrogens with zero attached hydrogens (tertiary/aromatic N) is 3. The normalized spacial score (nSPS) is 19.5. The van der Waals surface area contributed by atoms with Gasteiger partial charge in [-0.3, -0.25) is 14.8 Å². The first-order valence-electron chi connectivity index (χ1n) is 12.1. The lowest BCUT2D eigenvalue weighted by Crippen LogP contribution is -2.44. The molecular weight excluding hydrogens is 462 g/mol. The van der Waals surface area contributed by atoms with Gasteiger partial charge < -0.3 is 19.8 Å². The maximum atomic E-state index is 12.1. The first-order chi connectivity index (χ1) is 17.0. The highest BCUT2D eigenvalue weighted by atomic mass is 32.2. The number of aliphatic hydroxyl groups is 1. The number of carbonyl (C=O) groups is 1. The van der Waals surface area contributed by atoms with Crippen LogP contribution in [-0.2, 0) is 4.79 Å². The molecule has 0 aliphatic carbocycles. The van der Waals surface area contributed by atoms with E-state index in [0.717, 1.165) is 53.9 Å². The van der Waals surface area contributed by atoms with Gasteiger partial charge in [-0.05, 0) is 92.4 Å². The summed E-state index contributed by atoms with van der Waals surface area (Å²) < 4.78 is 5.34. The summed E-state index contributed by atoms with van der Waals surface area (Å²) in [5.74, 6) is 0.639. The number of rotatable bonds is 11. The maximum Gasteiger partial charge on any atom is 0.308 e. The van der Waals surface area contributed by atoms with Gasteiger partial charge in [-0.15, -0.1) is 11.8 Å². The number of likely N-dealkylation sites (tertiary alicyclic amines) is 1. The van der Waals surface area contributed by atoms with Crippen LogP contribution < -0.4 is 4.74 Å². The minimum absolute atomic E-state index is 0.0623. The van der Waals surface area contributed by atoms with Crippen molar-refractivity contribution in [3.05, 3.63) is 60.6 Å².